The molecule has 2 N–H and O–H groups in total. The smallest absolute Gasteiger partial charge is 0.191 e. The van der Waals surface area contributed by atoms with E-state index in [1.807, 2.05) is 0 Å². The highest BCUT2D eigenvalue weighted by Gasteiger charge is 2.39. The predicted octanol–water partition coefficient (Wildman–Crippen LogP) is 3.36. The van der Waals surface area contributed by atoms with Crippen molar-refractivity contribution in [2.45, 2.75) is 57.4 Å². The SMILES string of the molecule is CCNC(=NCC1(N2CCCCC2)CCN(C)CC1)NCC(C)c1ccsc1. The first-order valence-corrected chi connectivity index (χ1v) is 12.0. The molecule has 0 saturated carbocycles. The van der Waals surface area contributed by atoms with Crippen LogP contribution >= 0.6 is 11.3 Å². The second kappa shape index (κ2) is 10.6. The van der Waals surface area contributed by atoms with E-state index in [9.17, 15) is 0 Å². The summed E-state index contributed by atoms with van der Waals surface area (Å²) in [6.45, 7) is 12.0. The lowest BCUT2D eigenvalue weighted by Crippen LogP contribution is -2.58. The third kappa shape index (κ3) is 5.71. The minimum atomic E-state index is 0.244. The quantitative estimate of drug-likeness (QED) is 0.539. The minimum Gasteiger partial charge on any atom is -0.357 e. The maximum atomic E-state index is 5.10. The van der Waals surface area contributed by atoms with Gasteiger partial charge in [-0.1, -0.05) is 13.3 Å². The number of nitrogens with one attached hydrogen (secondary N) is 2. The summed E-state index contributed by atoms with van der Waals surface area (Å²) in [6.07, 6.45) is 6.55. The van der Waals surface area contributed by atoms with Crippen LogP contribution in [-0.4, -0.2) is 74.2 Å². The van der Waals surface area contributed by atoms with Crippen molar-refractivity contribution in [1.82, 2.24) is 20.4 Å². The lowest BCUT2D eigenvalue weighted by Gasteiger charge is -2.49. The Bertz CT molecular complexity index is 586. The molecule has 6 heteroatoms. The number of likely N-dealkylation sites (tertiary alicyclic amines) is 2. The zero-order valence-corrected chi connectivity index (χ0v) is 18.9. The van der Waals surface area contributed by atoms with Crippen LogP contribution in [0.4, 0.5) is 0 Å². The van der Waals surface area contributed by atoms with E-state index in [4.69, 9.17) is 4.99 Å². The van der Waals surface area contributed by atoms with Crippen LogP contribution < -0.4 is 10.6 Å². The average molecular weight is 406 g/mol. The molecule has 1 aromatic rings. The molecule has 0 amide bonds. The molecule has 28 heavy (non-hydrogen) atoms. The number of piperidine rings is 2. The third-order valence-electron chi connectivity index (χ3n) is 6.51. The molecule has 2 aliphatic rings. The fraction of sp³-hybridized carbons (Fsp3) is 0.773. The second-order valence-electron chi connectivity index (χ2n) is 8.61. The molecule has 2 fully saturated rings. The molecule has 0 spiro atoms. The summed E-state index contributed by atoms with van der Waals surface area (Å²) in [4.78, 5) is 10.3. The Morgan fingerprint density at radius 1 is 1.18 bits per heavy atom. The van der Waals surface area contributed by atoms with Gasteiger partial charge in [0.05, 0.1) is 6.54 Å². The topological polar surface area (TPSA) is 42.9 Å². The molecule has 3 heterocycles. The minimum absolute atomic E-state index is 0.244. The number of rotatable bonds is 7. The van der Waals surface area contributed by atoms with Crippen molar-refractivity contribution in [3.05, 3.63) is 22.4 Å². The molecule has 0 bridgehead atoms. The zero-order chi connectivity index (χ0) is 19.8. The van der Waals surface area contributed by atoms with E-state index in [0.717, 1.165) is 25.6 Å². The van der Waals surface area contributed by atoms with Gasteiger partial charge in [0.2, 0.25) is 0 Å². The number of nitrogens with zero attached hydrogens (tertiary/aromatic N) is 3. The van der Waals surface area contributed by atoms with Gasteiger partial charge in [-0.05, 0) is 94.1 Å². The van der Waals surface area contributed by atoms with Crippen LogP contribution in [0.2, 0.25) is 0 Å². The van der Waals surface area contributed by atoms with E-state index in [-0.39, 0.29) is 5.54 Å². The zero-order valence-electron chi connectivity index (χ0n) is 18.0. The van der Waals surface area contributed by atoms with Crippen LogP contribution in [0.3, 0.4) is 0 Å². The summed E-state index contributed by atoms with van der Waals surface area (Å²) in [7, 11) is 2.25. The fourth-order valence-electron chi connectivity index (χ4n) is 4.47. The van der Waals surface area contributed by atoms with E-state index >= 15 is 0 Å². The Hall–Kier alpha value is -1.11. The Labute approximate surface area is 175 Å². The summed E-state index contributed by atoms with van der Waals surface area (Å²) in [6, 6.07) is 2.23. The second-order valence-corrected chi connectivity index (χ2v) is 9.39. The van der Waals surface area contributed by atoms with Gasteiger partial charge in [0.25, 0.3) is 0 Å². The largest absolute Gasteiger partial charge is 0.357 e. The van der Waals surface area contributed by atoms with Crippen LogP contribution in [-0.2, 0) is 0 Å². The van der Waals surface area contributed by atoms with Crippen molar-refractivity contribution in [1.29, 1.82) is 0 Å². The standard InChI is InChI=1S/C22H39N5S/c1-4-23-21(24-16-19(2)20-8-15-28-17-20)25-18-22(9-13-26(3)14-10-22)27-11-6-5-7-12-27/h8,15,17,19H,4-7,9-14,16,18H2,1-3H3,(H2,23,24,25). The summed E-state index contributed by atoms with van der Waals surface area (Å²) >= 11 is 1.77. The van der Waals surface area contributed by atoms with E-state index in [1.165, 1.54) is 63.8 Å². The molecular weight excluding hydrogens is 366 g/mol. The van der Waals surface area contributed by atoms with Crippen molar-refractivity contribution in [2.24, 2.45) is 4.99 Å². The number of guanidine groups is 1. The highest BCUT2D eigenvalue weighted by atomic mass is 32.1. The van der Waals surface area contributed by atoms with Crippen LogP contribution in [0.1, 0.15) is 57.4 Å². The van der Waals surface area contributed by atoms with Gasteiger partial charge in [-0.3, -0.25) is 9.89 Å². The fourth-order valence-corrected chi connectivity index (χ4v) is 5.25. The molecule has 0 aromatic carbocycles. The summed E-state index contributed by atoms with van der Waals surface area (Å²) in [5.41, 5.74) is 1.65. The molecular formula is C22H39N5S. The predicted molar refractivity (Wildman–Crippen MR) is 122 cm³/mol. The van der Waals surface area contributed by atoms with Crippen LogP contribution in [0.5, 0.6) is 0 Å². The van der Waals surface area contributed by atoms with Gasteiger partial charge in [-0.15, -0.1) is 0 Å². The first kappa shape index (κ1) is 21.6. The molecule has 2 aliphatic heterocycles. The normalized spacial score (nSPS) is 22.8. The van der Waals surface area contributed by atoms with Crippen molar-refractivity contribution >= 4 is 17.3 Å². The van der Waals surface area contributed by atoms with Gasteiger partial charge in [-0.2, -0.15) is 11.3 Å². The number of hydrogen-bond acceptors (Lipinski definition) is 4. The van der Waals surface area contributed by atoms with E-state index in [1.54, 1.807) is 11.3 Å². The van der Waals surface area contributed by atoms with Gasteiger partial charge >= 0.3 is 0 Å². The highest BCUT2D eigenvalue weighted by molar-refractivity contribution is 7.07. The van der Waals surface area contributed by atoms with Crippen LogP contribution in [0, 0.1) is 0 Å². The molecule has 1 atom stereocenters. The van der Waals surface area contributed by atoms with Gasteiger partial charge in [0.1, 0.15) is 0 Å². The monoisotopic (exact) mass is 405 g/mol. The molecule has 1 aromatic heterocycles. The molecule has 3 rings (SSSR count). The maximum absolute atomic E-state index is 5.10. The van der Waals surface area contributed by atoms with Gasteiger partial charge < -0.3 is 15.5 Å². The van der Waals surface area contributed by atoms with E-state index < -0.39 is 0 Å². The Morgan fingerprint density at radius 2 is 1.93 bits per heavy atom. The lowest BCUT2D eigenvalue weighted by atomic mass is 9.84. The van der Waals surface area contributed by atoms with E-state index in [0.29, 0.717) is 5.92 Å². The Morgan fingerprint density at radius 3 is 2.57 bits per heavy atom. The number of aliphatic imine (C=N–C) groups is 1. The first-order valence-electron chi connectivity index (χ1n) is 11.1. The van der Waals surface area contributed by atoms with Crippen molar-refractivity contribution in [3.8, 4) is 0 Å². The van der Waals surface area contributed by atoms with E-state index in [2.05, 4.69) is 58.2 Å². The lowest BCUT2D eigenvalue weighted by molar-refractivity contribution is 0.0208. The van der Waals surface area contributed by atoms with Crippen molar-refractivity contribution in [2.75, 3.05) is 52.9 Å². The van der Waals surface area contributed by atoms with Gasteiger partial charge in [0, 0.05) is 18.6 Å². The Balaban J connectivity index is 1.65. The van der Waals surface area contributed by atoms with Crippen LogP contribution in [0.25, 0.3) is 0 Å². The Kier molecular flexibility index (Phi) is 8.18. The average Bonchev–Trinajstić information content (AvgIpc) is 3.27. The van der Waals surface area contributed by atoms with Crippen molar-refractivity contribution in [3.63, 3.8) is 0 Å². The molecule has 2 saturated heterocycles. The number of thiophene rings is 1. The molecule has 158 valence electrons. The maximum Gasteiger partial charge on any atom is 0.191 e. The molecule has 5 nitrogen and oxygen atoms in total. The molecule has 0 radical (unpaired) electrons. The van der Waals surface area contributed by atoms with Gasteiger partial charge in [-0.25, -0.2) is 0 Å². The summed E-state index contributed by atoms with van der Waals surface area (Å²) in [5, 5.41) is 11.5. The summed E-state index contributed by atoms with van der Waals surface area (Å²) in [5.74, 6) is 1.47. The first-order chi connectivity index (χ1) is 13.6. The van der Waals surface area contributed by atoms with Crippen LogP contribution in [0.15, 0.2) is 21.8 Å². The van der Waals surface area contributed by atoms with Crippen molar-refractivity contribution < 1.29 is 0 Å². The van der Waals surface area contributed by atoms with Gasteiger partial charge in [0.15, 0.2) is 5.96 Å². The molecule has 1 unspecified atom stereocenters. The summed E-state index contributed by atoms with van der Waals surface area (Å²) < 4.78 is 0. The third-order valence-corrected chi connectivity index (χ3v) is 7.21. The highest BCUT2D eigenvalue weighted by Crippen LogP contribution is 2.31. The molecule has 0 aliphatic carbocycles. The number of hydrogen-bond donors (Lipinski definition) is 2.